The van der Waals surface area contributed by atoms with E-state index in [4.69, 9.17) is 38.4 Å². The zero-order valence-electron chi connectivity index (χ0n) is 32.4. The average molecular weight is 769 g/mol. The Morgan fingerprint density at radius 2 is 0.965 bits per heavy atom. The molecule has 0 fully saturated rings. The summed E-state index contributed by atoms with van der Waals surface area (Å²) in [6.07, 6.45) is 11.2. The van der Waals surface area contributed by atoms with Crippen LogP contribution in [0.1, 0.15) is 63.9 Å². The molecule has 0 aromatic heterocycles. The quantitative estimate of drug-likeness (QED) is 0.118. The van der Waals surface area contributed by atoms with Gasteiger partial charge in [-0.2, -0.15) is 0 Å². The van der Waals surface area contributed by atoms with Crippen molar-refractivity contribution in [3.63, 3.8) is 0 Å². The Balaban J connectivity index is 0.846. The number of amides is 2. The van der Waals surface area contributed by atoms with Gasteiger partial charge in [0.2, 0.25) is 0 Å². The van der Waals surface area contributed by atoms with Crippen LogP contribution in [0.3, 0.4) is 0 Å². The zero-order valence-corrected chi connectivity index (χ0v) is 32.4. The minimum absolute atomic E-state index is 0.137. The molecule has 0 saturated carbocycles. The van der Waals surface area contributed by atoms with E-state index in [-0.39, 0.29) is 23.9 Å². The molecule has 12 heteroatoms. The van der Waals surface area contributed by atoms with E-state index in [1.54, 1.807) is 62.5 Å². The first-order valence-corrected chi connectivity index (χ1v) is 19.0. The lowest BCUT2D eigenvalue weighted by molar-refractivity contribution is 0.0809. The third kappa shape index (κ3) is 7.54. The highest BCUT2D eigenvalue weighted by atomic mass is 16.5. The number of benzene rings is 4. The van der Waals surface area contributed by atoms with Crippen molar-refractivity contribution >= 4 is 46.8 Å². The van der Waals surface area contributed by atoms with Gasteiger partial charge in [-0.05, 0) is 77.9 Å². The van der Waals surface area contributed by atoms with Crippen LogP contribution >= 0.6 is 0 Å². The summed E-state index contributed by atoms with van der Waals surface area (Å²) in [5.41, 5.74) is 6.22. The van der Waals surface area contributed by atoms with E-state index in [1.807, 2.05) is 73.4 Å². The van der Waals surface area contributed by atoms with E-state index in [9.17, 15) is 9.59 Å². The highest BCUT2D eigenvalue weighted by Crippen LogP contribution is 2.42. The molecule has 0 bridgehead atoms. The largest absolute Gasteiger partial charge is 0.497 e. The second-order valence-corrected chi connectivity index (χ2v) is 14.1. The molecule has 2 atom stereocenters. The normalized spacial score (nSPS) is 17.8. The minimum atomic E-state index is -0.185. The number of rotatable bonds is 14. The Morgan fingerprint density at radius 1 is 0.544 bits per heavy atom. The first-order chi connectivity index (χ1) is 27.9. The molecule has 4 aromatic carbocycles. The van der Waals surface area contributed by atoms with E-state index in [2.05, 4.69) is 0 Å². The SMILES string of the molecule is COc1ccc(C2=CN3C(=O)c4cc(OC)c(OCCCCCOc5cc6c(cc5OC)C(=O)N5C=C(c7ccc(OC)cc7)C[C@H]5C=N6)cc4N=C[C@@H]3C2)cc1. The van der Waals surface area contributed by atoms with E-state index in [0.717, 1.165) is 53.0 Å². The predicted molar refractivity (Wildman–Crippen MR) is 218 cm³/mol. The summed E-state index contributed by atoms with van der Waals surface area (Å²) in [7, 11) is 6.41. The molecule has 12 nitrogen and oxygen atoms in total. The number of ether oxygens (including phenoxy) is 6. The van der Waals surface area contributed by atoms with E-state index < -0.39 is 0 Å². The Morgan fingerprint density at radius 3 is 1.35 bits per heavy atom. The molecule has 8 rings (SSSR count). The summed E-state index contributed by atoms with van der Waals surface area (Å²) in [6, 6.07) is 22.3. The van der Waals surface area contributed by atoms with E-state index in [1.165, 1.54) is 0 Å². The van der Waals surface area contributed by atoms with Crippen molar-refractivity contribution in [3.05, 3.63) is 107 Å². The Labute approximate surface area is 331 Å². The first-order valence-electron chi connectivity index (χ1n) is 19.0. The molecule has 4 aliphatic rings. The molecule has 0 unspecified atom stereocenters. The highest BCUT2D eigenvalue weighted by molar-refractivity contribution is 6.06. The van der Waals surface area contributed by atoms with Gasteiger partial charge in [-0.1, -0.05) is 24.3 Å². The van der Waals surface area contributed by atoms with Gasteiger partial charge in [0.25, 0.3) is 11.8 Å². The molecule has 292 valence electrons. The number of hydrogen-bond donors (Lipinski definition) is 0. The van der Waals surface area contributed by atoms with Crippen LogP contribution in [0.25, 0.3) is 11.1 Å². The molecular formula is C45H44N4O8. The van der Waals surface area contributed by atoms with Gasteiger partial charge in [-0.3, -0.25) is 19.6 Å². The fourth-order valence-electron chi connectivity index (χ4n) is 7.50. The fraction of sp³-hybridized carbons (Fsp3) is 0.289. The summed E-state index contributed by atoms with van der Waals surface area (Å²) in [5.74, 6) is 3.31. The summed E-state index contributed by atoms with van der Waals surface area (Å²) < 4.78 is 34.2. The van der Waals surface area contributed by atoms with Crippen LogP contribution in [0.15, 0.2) is 95.2 Å². The number of aliphatic imine (C=N–C) groups is 2. The molecular weight excluding hydrogens is 725 g/mol. The van der Waals surface area contributed by atoms with Gasteiger partial charge in [0, 0.05) is 49.8 Å². The number of nitrogens with zero attached hydrogens (tertiary/aromatic N) is 4. The van der Waals surface area contributed by atoms with Crippen LogP contribution in [0, 0.1) is 0 Å². The maximum absolute atomic E-state index is 13.7. The van der Waals surface area contributed by atoms with Gasteiger partial charge in [-0.25, -0.2) is 0 Å². The molecule has 57 heavy (non-hydrogen) atoms. The molecule has 4 aliphatic heterocycles. The molecule has 0 N–H and O–H groups in total. The summed E-state index contributed by atoms with van der Waals surface area (Å²) in [6.45, 7) is 0.890. The number of hydrogen-bond acceptors (Lipinski definition) is 10. The van der Waals surface area contributed by atoms with Crippen molar-refractivity contribution in [2.75, 3.05) is 41.7 Å². The summed E-state index contributed by atoms with van der Waals surface area (Å²) >= 11 is 0. The molecule has 4 heterocycles. The smallest absolute Gasteiger partial charge is 0.260 e. The zero-order chi connectivity index (χ0) is 39.5. The number of carbonyl (C=O) groups excluding carboxylic acids is 2. The second-order valence-electron chi connectivity index (χ2n) is 14.1. The van der Waals surface area contributed by atoms with Gasteiger partial charge >= 0.3 is 0 Å². The maximum Gasteiger partial charge on any atom is 0.260 e. The van der Waals surface area contributed by atoms with Crippen molar-refractivity contribution in [3.8, 4) is 34.5 Å². The number of unbranched alkanes of at least 4 members (excludes halogenated alkanes) is 2. The number of fused-ring (bicyclic) bond motifs is 4. The number of carbonyl (C=O) groups is 2. The Kier molecular flexibility index (Phi) is 10.7. The van der Waals surface area contributed by atoms with Crippen molar-refractivity contribution in [1.82, 2.24) is 9.80 Å². The molecule has 0 spiro atoms. The van der Waals surface area contributed by atoms with Gasteiger partial charge < -0.3 is 38.2 Å². The average Bonchev–Trinajstić information content (AvgIpc) is 3.83. The second kappa shape index (κ2) is 16.3. The predicted octanol–water partition coefficient (Wildman–Crippen LogP) is 8.29. The standard InChI is InChI=1S/C45H44N4O8/c1-52-34-12-8-28(9-13-34)30-18-32-24-46-38-22-42(40(54-3)20-36(38)44(50)48(32)26-30)56-16-6-5-7-17-57-43-23-39-37(21-41(43)55-4)45(51)49-27-31(19-33(49)25-47-39)29-10-14-35(53-2)15-11-29/h8-15,20-27,32-33H,5-7,16-19H2,1-4H3/t32-,33-/m0/s1. The molecule has 0 radical (unpaired) electrons. The third-order valence-corrected chi connectivity index (χ3v) is 10.7. The molecule has 4 aromatic rings. The van der Waals surface area contributed by atoms with Gasteiger partial charge in [0.15, 0.2) is 23.0 Å². The highest BCUT2D eigenvalue weighted by Gasteiger charge is 2.35. The van der Waals surface area contributed by atoms with Crippen molar-refractivity contribution in [1.29, 1.82) is 0 Å². The Bertz CT molecular complexity index is 2140. The molecule has 0 saturated heterocycles. The van der Waals surface area contributed by atoms with Crippen LogP contribution in [-0.2, 0) is 0 Å². The topological polar surface area (TPSA) is 121 Å². The molecule has 0 aliphatic carbocycles. The van der Waals surface area contributed by atoms with E-state index >= 15 is 0 Å². The summed E-state index contributed by atoms with van der Waals surface area (Å²) in [5, 5.41) is 0. The fourth-order valence-corrected chi connectivity index (χ4v) is 7.50. The van der Waals surface area contributed by atoms with Gasteiger partial charge in [-0.15, -0.1) is 0 Å². The van der Waals surface area contributed by atoms with Crippen LogP contribution in [0.4, 0.5) is 11.4 Å². The maximum atomic E-state index is 13.7. The monoisotopic (exact) mass is 768 g/mol. The van der Waals surface area contributed by atoms with Crippen LogP contribution in [0.5, 0.6) is 34.5 Å². The number of methoxy groups -OCH3 is 4. The van der Waals surface area contributed by atoms with Crippen molar-refractivity contribution in [2.45, 2.75) is 44.2 Å². The first kappa shape index (κ1) is 37.4. The third-order valence-electron chi connectivity index (χ3n) is 10.7. The van der Waals surface area contributed by atoms with E-state index in [0.29, 0.717) is 71.6 Å². The van der Waals surface area contributed by atoms with Gasteiger partial charge in [0.05, 0.1) is 76.2 Å². The lowest BCUT2D eigenvalue weighted by atomic mass is 10.0. The lowest BCUT2D eigenvalue weighted by Gasteiger charge is -2.19. The van der Waals surface area contributed by atoms with Crippen LogP contribution in [-0.4, -0.2) is 87.8 Å². The van der Waals surface area contributed by atoms with Crippen molar-refractivity contribution in [2.24, 2.45) is 9.98 Å². The Hall–Kier alpha value is -6.56. The van der Waals surface area contributed by atoms with Crippen molar-refractivity contribution < 1.29 is 38.0 Å². The molecule has 2 amide bonds. The summed E-state index contributed by atoms with van der Waals surface area (Å²) in [4.78, 5) is 40.4. The van der Waals surface area contributed by atoms with Crippen LogP contribution < -0.4 is 28.4 Å². The lowest BCUT2D eigenvalue weighted by Crippen LogP contribution is -2.32. The van der Waals surface area contributed by atoms with Crippen LogP contribution in [0.2, 0.25) is 0 Å². The van der Waals surface area contributed by atoms with Gasteiger partial charge in [0.1, 0.15) is 11.5 Å². The minimum Gasteiger partial charge on any atom is -0.497 e.